The number of oxazole rings is 1. The van der Waals surface area contributed by atoms with E-state index in [1.807, 2.05) is 30.3 Å². The minimum absolute atomic E-state index is 0.121. The first-order valence-corrected chi connectivity index (χ1v) is 6.42. The summed E-state index contributed by atoms with van der Waals surface area (Å²) in [6.45, 7) is 2.29. The van der Waals surface area contributed by atoms with Gasteiger partial charge in [-0.15, -0.1) is 0 Å². The fraction of sp³-hybridized carbons (Fsp3) is 0.125. The van der Waals surface area contributed by atoms with Gasteiger partial charge in [-0.2, -0.15) is 0 Å². The lowest BCUT2D eigenvalue weighted by Gasteiger charge is -2.05. The molecule has 0 radical (unpaired) electrons. The van der Waals surface area contributed by atoms with E-state index in [9.17, 15) is 4.79 Å². The minimum atomic E-state index is -0.121. The third-order valence-electron chi connectivity index (χ3n) is 3.05. The number of hydrogen-bond acceptors (Lipinski definition) is 3. The molecule has 3 aromatic rings. The second-order valence-electron chi connectivity index (χ2n) is 4.58. The lowest BCUT2D eigenvalue weighted by molar-refractivity contribution is 0.0951. The van der Waals surface area contributed by atoms with E-state index < -0.39 is 0 Å². The predicted molar refractivity (Wildman–Crippen MR) is 76.4 cm³/mol. The fourth-order valence-corrected chi connectivity index (χ4v) is 2.06. The number of amides is 1. The highest BCUT2D eigenvalue weighted by Crippen LogP contribution is 2.16. The van der Waals surface area contributed by atoms with Gasteiger partial charge in [-0.1, -0.05) is 30.3 Å². The van der Waals surface area contributed by atoms with Gasteiger partial charge in [0.05, 0.1) is 0 Å². The number of aryl methyl sites for hydroxylation is 1. The molecule has 0 aliphatic carbocycles. The van der Waals surface area contributed by atoms with Gasteiger partial charge in [0.2, 0.25) is 0 Å². The summed E-state index contributed by atoms with van der Waals surface area (Å²) in [5, 5.41) is 2.89. The molecule has 4 nitrogen and oxygen atoms in total. The van der Waals surface area contributed by atoms with Crippen LogP contribution in [0.25, 0.3) is 11.1 Å². The van der Waals surface area contributed by atoms with Crippen LogP contribution in [-0.4, -0.2) is 10.9 Å². The SMILES string of the molecule is Cc1nc2ccc(C(=O)NCc3ccccc3)cc2o1. The molecule has 0 aliphatic heterocycles. The van der Waals surface area contributed by atoms with E-state index in [4.69, 9.17) is 4.42 Å². The number of nitrogens with one attached hydrogen (secondary N) is 1. The van der Waals surface area contributed by atoms with E-state index in [1.54, 1.807) is 25.1 Å². The van der Waals surface area contributed by atoms with Crippen LogP contribution >= 0.6 is 0 Å². The zero-order valence-corrected chi connectivity index (χ0v) is 11.1. The zero-order chi connectivity index (χ0) is 13.9. The highest BCUT2D eigenvalue weighted by Gasteiger charge is 2.09. The summed E-state index contributed by atoms with van der Waals surface area (Å²) in [7, 11) is 0. The fourth-order valence-electron chi connectivity index (χ4n) is 2.06. The average Bonchev–Trinajstić information content (AvgIpc) is 2.85. The smallest absolute Gasteiger partial charge is 0.251 e. The molecule has 0 unspecified atom stereocenters. The molecule has 4 heteroatoms. The Labute approximate surface area is 116 Å². The Bertz CT molecular complexity index is 748. The van der Waals surface area contributed by atoms with Gasteiger partial charge in [-0.3, -0.25) is 4.79 Å². The molecule has 100 valence electrons. The Morgan fingerprint density at radius 3 is 2.80 bits per heavy atom. The minimum Gasteiger partial charge on any atom is -0.441 e. The molecule has 1 heterocycles. The zero-order valence-electron chi connectivity index (χ0n) is 11.1. The molecule has 0 atom stereocenters. The number of carbonyl (C=O) groups is 1. The van der Waals surface area contributed by atoms with E-state index in [2.05, 4.69) is 10.3 Å². The van der Waals surface area contributed by atoms with E-state index in [-0.39, 0.29) is 5.91 Å². The summed E-state index contributed by atoms with van der Waals surface area (Å²) in [5.41, 5.74) is 3.04. The summed E-state index contributed by atoms with van der Waals surface area (Å²) in [6, 6.07) is 15.1. The van der Waals surface area contributed by atoms with Crippen LogP contribution in [0.1, 0.15) is 21.8 Å². The van der Waals surface area contributed by atoms with Crippen LogP contribution in [-0.2, 0) is 6.54 Å². The predicted octanol–water partition coefficient (Wildman–Crippen LogP) is 3.07. The summed E-state index contributed by atoms with van der Waals surface area (Å²) in [6.07, 6.45) is 0. The summed E-state index contributed by atoms with van der Waals surface area (Å²) in [4.78, 5) is 16.3. The molecule has 1 aromatic heterocycles. The maximum absolute atomic E-state index is 12.1. The first-order chi connectivity index (χ1) is 9.72. The van der Waals surface area contributed by atoms with Crippen LogP contribution in [0.3, 0.4) is 0 Å². The van der Waals surface area contributed by atoms with Gasteiger partial charge in [0, 0.05) is 19.0 Å². The maximum atomic E-state index is 12.1. The van der Waals surface area contributed by atoms with Gasteiger partial charge in [0.1, 0.15) is 5.52 Å². The highest BCUT2D eigenvalue weighted by molar-refractivity contribution is 5.96. The van der Waals surface area contributed by atoms with Crippen LogP contribution in [0, 0.1) is 6.92 Å². The Morgan fingerprint density at radius 1 is 1.20 bits per heavy atom. The second-order valence-corrected chi connectivity index (χ2v) is 4.58. The number of carbonyl (C=O) groups excluding carboxylic acids is 1. The first kappa shape index (κ1) is 12.4. The number of fused-ring (bicyclic) bond motifs is 1. The standard InChI is InChI=1S/C16H14N2O2/c1-11-18-14-8-7-13(9-15(14)20-11)16(19)17-10-12-5-3-2-4-6-12/h2-9H,10H2,1H3,(H,17,19). The Kier molecular flexibility index (Phi) is 3.21. The van der Waals surface area contributed by atoms with Crippen molar-refractivity contribution < 1.29 is 9.21 Å². The molecule has 3 rings (SSSR count). The van der Waals surface area contributed by atoms with E-state index in [0.29, 0.717) is 23.6 Å². The molecule has 0 aliphatic rings. The molecule has 2 aromatic carbocycles. The highest BCUT2D eigenvalue weighted by atomic mass is 16.3. The third kappa shape index (κ3) is 2.54. The van der Waals surface area contributed by atoms with Crippen molar-refractivity contribution in [1.29, 1.82) is 0 Å². The molecule has 0 fully saturated rings. The largest absolute Gasteiger partial charge is 0.441 e. The second kappa shape index (κ2) is 5.17. The number of rotatable bonds is 3. The number of benzene rings is 2. The topological polar surface area (TPSA) is 55.1 Å². The van der Waals surface area contributed by atoms with Crippen molar-refractivity contribution >= 4 is 17.0 Å². The van der Waals surface area contributed by atoms with Crippen molar-refractivity contribution in [1.82, 2.24) is 10.3 Å². The number of aromatic nitrogens is 1. The van der Waals surface area contributed by atoms with Gasteiger partial charge in [-0.05, 0) is 23.8 Å². The summed E-state index contributed by atoms with van der Waals surface area (Å²) in [5.74, 6) is 0.478. The lowest BCUT2D eigenvalue weighted by Crippen LogP contribution is -2.22. The normalized spacial score (nSPS) is 10.7. The average molecular weight is 266 g/mol. The lowest BCUT2D eigenvalue weighted by atomic mass is 10.2. The van der Waals surface area contributed by atoms with E-state index in [1.165, 1.54) is 0 Å². The van der Waals surface area contributed by atoms with Crippen molar-refractivity contribution in [2.45, 2.75) is 13.5 Å². The molecular formula is C16H14N2O2. The molecule has 1 amide bonds. The summed E-state index contributed by atoms with van der Waals surface area (Å²) < 4.78 is 5.43. The van der Waals surface area contributed by atoms with Crippen molar-refractivity contribution in [3.05, 3.63) is 65.5 Å². The van der Waals surface area contributed by atoms with Crippen LogP contribution in [0.2, 0.25) is 0 Å². The maximum Gasteiger partial charge on any atom is 0.251 e. The molecule has 0 saturated carbocycles. The third-order valence-corrected chi connectivity index (χ3v) is 3.05. The Hall–Kier alpha value is -2.62. The van der Waals surface area contributed by atoms with Gasteiger partial charge < -0.3 is 9.73 Å². The molecular weight excluding hydrogens is 252 g/mol. The van der Waals surface area contributed by atoms with E-state index >= 15 is 0 Å². The quantitative estimate of drug-likeness (QED) is 0.792. The van der Waals surface area contributed by atoms with Crippen molar-refractivity contribution in [2.24, 2.45) is 0 Å². The molecule has 1 N–H and O–H groups in total. The van der Waals surface area contributed by atoms with Crippen LogP contribution in [0.4, 0.5) is 0 Å². The van der Waals surface area contributed by atoms with Crippen molar-refractivity contribution in [3.63, 3.8) is 0 Å². The molecule has 0 bridgehead atoms. The molecule has 0 saturated heterocycles. The molecule has 20 heavy (non-hydrogen) atoms. The first-order valence-electron chi connectivity index (χ1n) is 6.42. The Morgan fingerprint density at radius 2 is 2.00 bits per heavy atom. The van der Waals surface area contributed by atoms with Crippen LogP contribution in [0.15, 0.2) is 52.9 Å². The Balaban J connectivity index is 1.75. The molecule has 0 spiro atoms. The van der Waals surface area contributed by atoms with E-state index in [0.717, 1.165) is 11.1 Å². The number of nitrogens with zero attached hydrogens (tertiary/aromatic N) is 1. The van der Waals surface area contributed by atoms with Gasteiger partial charge >= 0.3 is 0 Å². The van der Waals surface area contributed by atoms with Gasteiger partial charge in [-0.25, -0.2) is 4.98 Å². The van der Waals surface area contributed by atoms with Crippen molar-refractivity contribution in [3.8, 4) is 0 Å². The van der Waals surface area contributed by atoms with Crippen molar-refractivity contribution in [2.75, 3.05) is 0 Å². The van der Waals surface area contributed by atoms with Crippen LogP contribution < -0.4 is 5.32 Å². The van der Waals surface area contributed by atoms with Crippen LogP contribution in [0.5, 0.6) is 0 Å². The summed E-state index contributed by atoms with van der Waals surface area (Å²) >= 11 is 0. The van der Waals surface area contributed by atoms with Gasteiger partial charge in [0.25, 0.3) is 5.91 Å². The van der Waals surface area contributed by atoms with Gasteiger partial charge in [0.15, 0.2) is 11.5 Å². The number of hydrogen-bond donors (Lipinski definition) is 1. The monoisotopic (exact) mass is 266 g/mol.